The van der Waals surface area contributed by atoms with Crippen molar-refractivity contribution >= 4 is 6.16 Å². The molecule has 10 nitrogen and oxygen atoms in total. The van der Waals surface area contributed by atoms with E-state index < -0.39 is 47.8 Å². The van der Waals surface area contributed by atoms with Gasteiger partial charge in [-0.3, -0.25) is 14.3 Å². The lowest BCUT2D eigenvalue weighted by molar-refractivity contribution is -0.245. The van der Waals surface area contributed by atoms with Gasteiger partial charge in [-0.15, -0.1) is 0 Å². The van der Waals surface area contributed by atoms with Crippen LogP contribution in [0.5, 0.6) is 0 Å². The highest BCUT2D eigenvalue weighted by Gasteiger charge is 2.60. The van der Waals surface area contributed by atoms with Crippen molar-refractivity contribution in [1.29, 1.82) is 0 Å². The fourth-order valence-electron chi connectivity index (χ4n) is 7.75. The number of ether oxygens (including phenoxy) is 5. The number of nitrogens with zero attached hydrogens (tertiary/aromatic N) is 1. The molecule has 0 amide bonds. The molecule has 11 heteroatoms. The number of hydrogen-bond donors (Lipinski definition) is 1. The highest BCUT2D eigenvalue weighted by atomic mass is 19.1. The fraction of sp³-hybridized carbons (Fsp3) is 0.821. The minimum Gasteiger partial charge on any atom is -0.431 e. The second kappa shape index (κ2) is 10.3. The van der Waals surface area contributed by atoms with Gasteiger partial charge >= 0.3 is 11.8 Å². The average Bonchev–Trinajstić information content (AvgIpc) is 3.45. The number of fused-ring (bicyclic) bond motifs is 3. The molecule has 1 N–H and O–H groups in total. The number of nitrogens with one attached hydrogen (secondary N) is 1. The highest BCUT2D eigenvalue weighted by Crippen LogP contribution is 2.56. The second-order valence-corrected chi connectivity index (χ2v) is 12.4. The molecule has 6 unspecified atom stereocenters. The summed E-state index contributed by atoms with van der Waals surface area (Å²) in [7, 11) is 0. The van der Waals surface area contributed by atoms with Crippen LogP contribution >= 0.6 is 0 Å². The second-order valence-electron chi connectivity index (χ2n) is 12.4. The summed E-state index contributed by atoms with van der Waals surface area (Å²) in [5.41, 5.74) is -1.13. The Labute approximate surface area is 226 Å². The van der Waals surface area contributed by atoms with E-state index in [1.165, 1.54) is 38.3 Å². The highest BCUT2D eigenvalue weighted by molar-refractivity contribution is 5.60. The van der Waals surface area contributed by atoms with Gasteiger partial charge in [-0.2, -0.15) is 0 Å². The lowest BCUT2D eigenvalue weighted by Gasteiger charge is -2.51. The molecule has 5 aliphatic rings. The van der Waals surface area contributed by atoms with Gasteiger partial charge in [0.2, 0.25) is 0 Å². The summed E-state index contributed by atoms with van der Waals surface area (Å²) in [6, 6.07) is 0. The van der Waals surface area contributed by atoms with Gasteiger partial charge in [0.15, 0.2) is 5.79 Å². The summed E-state index contributed by atoms with van der Waals surface area (Å²) in [6.45, 7) is 4.09. The molecule has 3 aliphatic carbocycles. The van der Waals surface area contributed by atoms with E-state index in [9.17, 15) is 18.8 Å². The number of aromatic amines is 1. The monoisotopic (exact) mass is 550 g/mol. The molecule has 2 bridgehead atoms. The van der Waals surface area contributed by atoms with Gasteiger partial charge in [0, 0.05) is 31.0 Å². The van der Waals surface area contributed by atoms with Crippen molar-refractivity contribution in [1.82, 2.24) is 9.55 Å². The van der Waals surface area contributed by atoms with Crippen molar-refractivity contribution in [2.24, 2.45) is 17.8 Å². The Bertz CT molecular complexity index is 1200. The number of alkyl halides is 1. The Balaban J connectivity index is 1.02. The number of carbonyl (C=O) groups excluding carboxylic acids is 1. The van der Waals surface area contributed by atoms with Crippen LogP contribution < -0.4 is 11.2 Å². The topological polar surface area (TPSA) is 118 Å². The maximum absolute atomic E-state index is 14.7. The van der Waals surface area contributed by atoms with Gasteiger partial charge in [0.05, 0.1) is 6.61 Å². The lowest BCUT2D eigenvalue weighted by atomic mass is 9.60. The Hall–Kier alpha value is -2.24. The van der Waals surface area contributed by atoms with Crippen molar-refractivity contribution in [3.63, 3.8) is 0 Å². The standard InChI is InChI=1S/C28H39FN2O8/c1-16-13-31(25(33)30-24(16)32)23-11-21(29)22(38-23)14-35-26(34)37-20-7-4-8-27(12-20)36-15-28(39-27)17(2)9-18-5-3-6-19(28)10-18/h13,17-23H,3-12,14-15H2,1-2H3,(H,30,32,33)/t17?,18?,19?,20?,21-,22+,23+,27?,28?/m0/s1. The van der Waals surface area contributed by atoms with E-state index in [0.717, 1.165) is 23.3 Å². The van der Waals surface area contributed by atoms with Gasteiger partial charge in [-0.25, -0.2) is 14.0 Å². The van der Waals surface area contributed by atoms with Gasteiger partial charge in [-0.1, -0.05) is 19.8 Å². The van der Waals surface area contributed by atoms with Crippen LogP contribution in [-0.2, 0) is 23.7 Å². The number of aromatic nitrogens is 2. The largest absolute Gasteiger partial charge is 0.508 e. The van der Waals surface area contributed by atoms with Crippen LogP contribution in [0.1, 0.15) is 82.9 Å². The molecule has 39 heavy (non-hydrogen) atoms. The molecule has 9 atom stereocenters. The number of hydrogen-bond acceptors (Lipinski definition) is 8. The van der Waals surface area contributed by atoms with E-state index in [-0.39, 0.29) is 18.6 Å². The summed E-state index contributed by atoms with van der Waals surface area (Å²) >= 11 is 0. The van der Waals surface area contributed by atoms with E-state index in [2.05, 4.69) is 11.9 Å². The maximum atomic E-state index is 14.7. The normalized spacial score (nSPS) is 41.7. The summed E-state index contributed by atoms with van der Waals surface area (Å²) in [4.78, 5) is 38.5. The van der Waals surface area contributed by atoms with Crippen molar-refractivity contribution in [3.05, 3.63) is 32.6 Å². The number of rotatable bonds is 4. The quantitative estimate of drug-likeness (QED) is 0.561. The number of aryl methyl sites for hydroxylation is 1. The minimum absolute atomic E-state index is 0.101. The van der Waals surface area contributed by atoms with Crippen LogP contribution in [0.3, 0.4) is 0 Å². The van der Waals surface area contributed by atoms with Crippen molar-refractivity contribution in [2.45, 2.75) is 114 Å². The molecule has 2 saturated heterocycles. The molecule has 6 rings (SSSR count). The molecular formula is C28H39FN2O8. The molecular weight excluding hydrogens is 511 g/mol. The molecule has 5 fully saturated rings. The van der Waals surface area contributed by atoms with Crippen LogP contribution in [0, 0.1) is 24.7 Å². The van der Waals surface area contributed by atoms with Crippen LogP contribution in [0.2, 0.25) is 0 Å². The van der Waals surface area contributed by atoms with Gasteiger partial charge in [0.25, 0.3) is 5.56 Å². The summed E-state index contributed by atoms with van der Waals surface area (Å²) in [6.07, 6.45) is 5.40. The van der Waals surface area contributed by atoms with Gasteiger partial charge < -0.3 is 23.7 Å². The third kappa shape index (κ3) is 5.06. The number of H-pyrrole nitrogens is 1. The lowest BCUT2D eigenvalue weighted by Crippen LogP contribution is -2.54. The average molecular weight is 551 g/mol. The van der Waals surface area contributed by atoms with E-state index in [0.29, 0.717) is 36.8 Å². The fourth-order valence-corrected chi connectivity index (χ4v) is 7.75. The molecule has 2 aliphatic heterocycles. The molecule has 0 radical (unpaired) electrons. The van der Waals surface area contributed by atoms with Crippen LogP contribution in [0.25, 0.3) is 0 Å². The molecule has 1 aromatic rings. The minimum atomic E-state index is -1.45. The van der Waals surface area contributed by atoms with Crippen LogP contribution in [-0.4, -0.2) is 58.7 Å². The summed E-state index contributed by atoms with van der Waals surface area (Å²) < 4.78 is 45.6. The van der Waals surface area contributed by atoms with Gasteiger partial charge in [-0.05, 0) is 56.8 Å². The maximum Gasteiger partial charge on any atom is 0.508 e. The van der Waals surface area contributed by atoms with E-state index in [1.807, 2.05) is 0 Å². The Morgan fingerprint density at radius 3 is 2.90 bits per heavy atom. The number of carbonyl (C=O) groups is 1. The smallest absolute Gasteiger partial charge is 0.431 e. The van der Waals surface area contributed by atoms with Crippen molar-refractivity contribution in [3.8, 4) is 0 Å². The predicted molar refractivity (Wildman–Crippen MR) is 136 cm³/mol. The van der Waals surface area contributed by atoms with E-state index in [1.54, 1.807) is 6.92 Å². The first kappa shape index (κ1) is 27.0. The molecule has 2 spiro atoms. The zero-order valence-corrected chi connectivity index (χ0v) is 22.7. The zero-order valence-electron chi connectivity index (χ0n) is 22.7. The predicted octanol–water partition coefficient (Wildman–Crippen LogP) is 3.89. The number of halogens is 1. The van der Waals surface area contributed by atoms with E-state index >= 15 is 0 Å². The third-order valence-electron chi connectivity index (χ3n) is 9.80. The summed E-state index contributed by atoms with van der Waals surface area (Å²) in [5, 5.41) is 0. The van der Waals surface area contributed by atoms with Crippen molar-refractivity contribution < 1.29 is 32.9 Å². The Kier molecular flexibility index (Phi) is 7.12. The molecule has 3 saturated carbocycles. The zero-order chi connectivity index (χ0) is 27.4. The summed E-state index contributed by atoms with van der Waals surface area (Å²) in [5.74, 6) is 1.01. The molecule has 3 heterocycles. The molecule has 0 aromatic carbocycles. The first-order valence-electron chi connectivity index (χ1n) is 14.5. The van der Waals surface area contributed by atoms with Crippen molar-refractivity contribution in [2.75, 3.05) is 13.2 Å². The van der Waals surface area contributed by atoms with E-state index in [4.69, 9.17) is 23.7 Å². The molecule has 216 valence electrons. The Morgan fingerprint density at radius 1 is 1.21 bits per heavy atom. The molecule has 1 aromatic heterocycles. The van der Waals surface area contributed by atoms with Crippen LogP contribution in [0.4, 0.5) is 9.18 Å². The van der Waals surface area contributed by atoms with Crippen LogP contribution in [0.15, 0.2) is 15.8 Å². The van der Waals surface area contributed by atoms with Gasteiger partial charge in [0.1, 0.15) is 36.8 Å². The SMILES string of the molecule is Cc1cn([C@H]2C[C@H](F)[C@@H](COC(=O)OC3CCCC4(C3)OCC3(O4)C(C)CC4CCCC3C4)O2)c(=O)[nH]c1=O. The first-order chi connectivity index (χ1) is 18.7. The Morgan fingerprint density at radius 2 is 2.05 bits per heavy atom. The first-order valence-corrected chi connectivity index (χ1v) is 14.5. The third-order valence-corrected chi connectivity index (χ3v) is 9.80.